The first-order valence-corrected chi connectivity index (χ1v) is 22.5. The molecule has 3 aromatic heterocycles. The normalized spacial score (nSPS) is 21.5. The van der Waals surface area contributed by atoms with Crippen molar-refractivity contribution < 1.29 is 35.3 Å². The lowest BCUT2D eigenvalue weighted by Gasteiger charge is -2.42. The van der Waals surface area contributed by atoms with E-state index in [0.717, 1.165) is 33.2 Å². The van der Waals surface area contributed by atoms with Gasteiger partial charge in [-0.25, -0.2) is 4.98 Å². The lowest BCUT2D eigenvalue weighted by molar-refractivity contribution is -0.572. The van der Waals surface area contributed by atoms with E-state index in [1.807, 2.05) is 121 Å². The van der Waals surface area contributed by atoms with Crippen LogP contribution in [0.15, 0.2) is 140 Å². The Morgan fingerprint density at radius 2 is 1.34 bits per heavy atom. The van der Waals surface area contributed by atoms with Gasteiger partial charge >= 0.3 is 0 Å². The quantitative estimate of drug-likeness (QED) is 0.123. The number of rotatable bonds is 6. The standard InChI is InChI=1S/C62H66N4O/c1-58(2,3)41-29-32-63-56(36-41)66-52-22-15-14-21-46(52)47-27-26-45(38-55(47)66)67-44-20-18-19-43(37-44)64-39-65(54-24-17-16-23-53(54)64)57-48(34-42(59(4,5)6)35-51(57)60(7,8)9)40-25-28-49-50(33-40)62(12,13)31-30-61(49,10)11/h14-29,32-38H,30-31H2,1-13H3/i10D3,11D3,12D3,13D3,25D,28D,30D2,31D2,33D. The van der Waals surface area contributed by atoms with Gasteiger partial charge in [0.25, 0.3) is 6.33 Å². The number of benzene rings is 6. The molecule has 0 aliphatic heterocycles. The van der Waals surface area contributed by atoms with Crippen LogP contribution < -0.4 is 9.30 Å². The van der Waals surface area contributed by atoms with Gasteiger partial charge in [0, 0.05) is 45.0 Å². The minimum Gasteiger partial charge on any atom is -0.458 e. The number of para-hydroxylation sites is 3. The third kappa shape index (κ3) is 7.84. The molecule has 0 bridgehead atoms. The number of fused-ring (bicyclic) bond motifs is 5. The predicted molar refractivity (Wildman–Crippen MR) is 279 cm³/mol. The van der Waals surface area contributed by atoms with Gasteiger partial charge in [0.2, 0.25) is 0 Å². The Morgan fingerprint density at radius 1 is 0.657 bits per heavy atom. The second kappa shape index (κ2) is 15.6. The van der Waals surface area contributed by atoms with Crippen LogP contribution in [0.4, 0.5) is 0 Å². The minimum atomic E-state index is -4.49. The van der Waals surface area contributed by atoms with Gasteiger partial charge in [-0.15, -0.1) is 0 Å². The van der Waals surface area contributed by atoms with Crippen molar-refractivity contribution in [1.29, 1.82) is 0 Å². The maximum atomic E-state index is 10.3. The highest BCUT2D eigenvalue weighted by atomic mass is 16.5. The fourth-order valence-corrected chi connectivity index (χ4v) is 8.99. The van der Waals surface area contributed by atoms with Crippen molar-refractivity contribution in [2.75, 3.05) is 0 Å². The molecule has 0 spiro atoms. The van der Waals surface area contributed by atoms with Gasteiger partial charge < -0.3 is 4.74 Å². The highest BCUT2D eigenvalue weighted by molar-refractivity contribution is 6.09. The predicted octanol–water partition coefficient (Wildman–Crippen LogP) is 15.9. The van der Waals surface area contributed by atoms with Crippen LogP contribution in [-0.2, 0) is 27.1 Å². The second-order valence-electron chi connectivity index (χ2n) is 20.7. The minimum absolute atomic E-state index is 0.101. The molecular weight excluding hydrogens is 817 g/mol. The van der Waals surface area contributed by atoms with E-state index in [9.17, 15) is 9.60 Å². The van der Waals surface area contributed by atoms with Crippen molar-refractivity contribution in [3.8, 4) is 39.8 Å². The number of aromatic nitrogens is 4. The third-order valence-electron chi connectivity index (χ3n) is 12.6. The zero-order chi connectivity index (χ0) is 63.6. The molecule has 3 heterocycles. The molecule has 10 rings (SSSR count). The summed E-state index contributed by atoms with van der Waals surface area (Å²) < 4.78 is 187. The number of imidazole rings is 1. The molecule has 0 atom stereocenters. The summed E-state index contributed by atoms with van der Waals surface area (Å²) in [6.45, 7) is 0.980. The Labute approximate surface area is 424 Å². The third-order valence-corrected chi connectivity index (χ3v) is 12.6. The van der Waals surface area contributed by atoms with Crippen molar-refractivity contribution in [1.82, 2.24) is 14.1 Å². The average Bonchev–Trinajstić information content (AvgIpc) is 0.738. The van der Waals surface area contributed by atoms with Gasteiger partial charge in [-0.05, 0) is 127 Å². The van der Waals surface area contributed by atoms with Gasteiger partial charge in [-0.2, -0.15) is 0 Å². The number of hydrogen-bond donors (Lipinski definition) is 0. The molecule has 0 saturated heterocycles. The molecule has 0 fully saturated rings. The first-order chi connectivity index (χ1) is 39.4. The molecule has 5 heteroatoms. The maximum Gasteiger partial charge on any atom is 0.269 e. The van der Waals surface area contributed by atoms with Crippen LogP contribution in [0.5, 0.6) is 11.5 Å². The number of pyridine rings is 1. The Kier molecular flexibility index (Phi) is 6.35. The Bertz CT molecular complexity index is 4190. The summed E-state index contributed by atoms with van der Waals surface area (Å²) in [5, 5.41) is 2.03. The summed E-state index contributed by atoms with van der Waals surface area (Å²) in [7, 11) is 0. The highest BCUT2D eigenvalue weighted by Gasteiger charge is 2.38. The van der Waals surface area contributed by atoms with E-state index in [1.165, 1.54) is 0 Å². The van der Waals surface area contributed by atoms with Gasteiger partial charge in [0.1, 0.15) is 17.3 Å². The Morgan fingerprint density at radius 3 is 2.07 bits per heavy atom. The topological polar surface area (TPSA) is 35.9 Å². The van der Waals surface area contributed by atoms with Gasteiger partial charge in [0.05, 0.1) is 37.6 Å². The van der Waals surface area contributed by atoms with Crippen LogP contribution in [0, 0.1) is 6.33 Å². The fraction of sp³-hybridized carbons (Fsp3) is 0.323. The number of ether oxygens (including phenoxy) is 1. The van der Waals surface area contributed by atoms with E-state index in [4.69, 9.17) is 26.2 Å². The fourth-order valence-electron chi connectivity index (χ4n) is 8.99. The first kappa shape index (κ1) is 27.4. The zero-order valence-electron chi connectivity index (χ0n) is 58.2. The van der Waals surface area contributed by atoms with Crippen LogP contribution >= 0.6 is 0 Å². The van der Waals surface area contributed by atoms with Crippen LogP contribution in [0.3, 0.4) is 0 Å². The molecule has 0 amide bonds. The molecule has 6 aromatic carbocycles. The van der Waals surface area contributed by atoms with Crippen molar-refractivity contribution in [2.45, 2.75) is 130 Å². The monoisotopic (exact) mass is 902 g/mol. The van der Waals surface area contributed by atoms with Crippen LogP contribution in [0.2, 0.25) is 0 Å². The first-order valence-electron chi connectivity index (χ1n) is 32.0. The van der Waals surface area contributed by atoms with Crippen LogP contribution in [0.1, 0.15) is 156 Å². The summed E-state index contributed by atoms with van der Waals surface area (Å²) in [4.78, 5) is 4.83. The van der Waals surface area contributed by atoms with Crippen molar-refractivity contribution in [3.05, 3.63) is 174 Å². The van der Waals surface area contributed by atoms with Gasteiger partial charge in [0.15, 0.2) is 0 Å². The summed E-state index contributed by atoms with van der Waals surface area (Å²) in [6.07, 6.45) is -3.65. The zero-order valence-corrected chi connectivity index (χ0v) is 39.2. The Balaban J connectivity index is 1.25. The second-order valence-corrected chi connectivity index (χ2v) is 20.7. The molecule has 67 heavy (non-hydrogen) atoms. The summed E-state index contributed by atoms with van der Waals surface area (Å²) in [5.74, 6) is 1.71. The highest BCUT2D eigenvalue weighted by Crippen LogP contribution is 2.48. The van der Waals surface area contributed by atoms with Crippen molar-refractivity contribution >= 4 is 32.8 Å². The van der Waals surface area contributed by atoms with Crippen molar-refractivity contribution in [3.63, 3.8) is 0 Å². The SMILES string of the molecule is [2H]c1c([2H])c2c(c([2H])c1-c1cc(C(C)(C)C)cc(C(C)(C)C)c1-[n+]1[c-]n(-c3cccc(Oc4ccc5c6ccccc6n(-c6cc(C(C)(C)C)ccn6)c5c4)c3)c3ccccc31)C(C([2H])([2H])[2H])(C([2H])([2H])[2H])C([2H])([2H])C([2H])([2H])C2(C([2H])([2H])[2H])C([2H])([2H])[2H]. The molecule has 0 unspecified atom stereocenters. The molecule has 0 radical (unpaired) electrons. The van der Waals surface area contributed by atoms with Gasteiger partial charge in [-0.1, -0.05) is 169 Å². The Hall–Kier alpha value is -6.46. The average molecular weight is 902 g/mol. The summed E-state index contributed by atoms with van der Waals surface area (Å²) >= 11 is 0. The number of nitrogens with zero attached hydrogens (tertiary/aromatic N) is 4. The summed E-state index contributed by atoms with van der Waals surface area (Å²) in [6, 6.07) is 32.3. The van der Waals surface area contributed by atoms with E-state index in [2.05, 4.69) is 49.9 Å². The molecule has 0 N–H and O–H groups in total. The van der Waals surface area contributed by atoms with E-state index < -0.39 is 96.6 Å². The van der Waals surface area contributed by atoms with Crippen LogP contribution in [0.25, 0.3) is 61.2 Å². The van der Waals surface area contributed by atoms with Crippen molar-refractivity contribution in [2.24, 2.45) is 0 Å². The molecule has 5 nitrogen and oxygen atoms in total. The molecule has 9 aromatic rings. The lowest BCUT2D eigenvalue weighted by Crippen LogP contribution is -2.36. The largest absolute Gasteiger partial charge is 0.458 e. The molecule has 1 aliphatic rings. The summed E-state index contributed by atoms with van der Waals surface area (Å²) in [5.41, 5.74) is -8.29. The molecule has 0 saturated carbocycles. The maximum absolute atomic E-state index is 10.3. The van der Waals surface area contributed by atoms with Crippen LogP contribution in [-0.4, -0.2) is 14.1 Å². The smallest absolute Gasteiger partial charge is 0.269 e. The van der Waals surface area contributed by atoms with E-state index in [1.54, 1.807) is 33.4 Å². The van der Waals surface area contributed by atoms with E-state index >= 15 is 0 Å². The molecular formula is C62H66N4O. The number of hydrogen-bond acceptors (Lipinski definition) is 2. The van der Waals surface area contributed by atoms with E-state index in [-0.39, 0.29) is 16.7 Å². The lowest BCUT2D eigenvalue weighted by atomic mass is 9.63. The molecule has 340 valence electrons. The molecule has 1 aliphatic carbocycles. The van der Waals surface area contributed by atoms with Gasteiger partial charge in [-0.3, -0.25) is 13.7 Å². The van der Waals surface area contributed by atoms with E-state index in [0.29, 0.717) is 39.3 Å².